The smallest absolute Gasteiger partial charge is 0.236 e. The first-order chi connectivity index (χ1) is 22.1. The Bertz CT molecular complexity index is 2680. The first-order valence-corrected chi connectivity index (χ1v) is 16.2. The second-order valence-electron chi connectivity index (χ2n) is 12.6. The third-order valence-electron chi connectivity index (χ3n) is 9.83. The van der Waals surface area contributed by atoms with Crippen LogP contribution in [-0.2, 0) is 5.41 Å². The summed E-state index contributed by atoms with van der Waals surface area (Å²) in [6.45, 7) is 4.72. The van der Waals surface area contributed by atoms with Gasteiger partial charge in [0.1, 0.15) is 4.83 Å². The van der Waals surface area contributed by atoms with E-state index in [0.29, 0.717) is 5.95 Å². The molecule has 0 amide bonds. The molecule has 10 rings (SSSR count). The van der Waals surface area contributed by atoms with Gasteiger partial charge in [0.2, 0.25) is 5.95 Å². The average molecular weight is 594 g/mol. The van der Waals surface area contributed by atoms with E-state index in [1.165, 1.54) is 53.9 Å². The Morgan fingerprint density at radius 3 is 2.20 bits per heavy atom. The van der Waals surface area contributed by atoms with Crippen LogP contribution < -0.4 is 0 Å². The zero-order valence-electron chi connectivity index (χ0n) is 24.9. The summed E-state index contributed by atoms with van der Waals surface area (Å²) < 4.78 is 3.51. The van der Waals surface area contributed by atoms with Crippen LogP contribution in [0.5, 0.6) is 0 Å². The molecular formula is C41H27N3S. The number of hydrogen-bond acceptors (Lipinski definition) is 3. The molecule has 0 fully saturated rings. The standard InChI is InChI=1S/C41H27N3S/c1-41(2)31-21-20-24-12-6-7-15-26(24)36(31)30-22-29-27-16-8-10-18-33(27)44(34(29)23-32(30)41)40-42-38(25-13-4-3-5-14-25)37-28-17-9-11-19-35(28)45-39(37)43-40/h3-23H,1-2H3. The van der Waals surface area contributed by atoms with E-state index in [0.717, 1.165) is 32.5 Å². The maximum Gasteiger partial charge on any atom is 0.236 e. The van der Waals surface area contributed by atoms with Crippen LogP contribution in [0.2, 0.25) is 0 Å². The molecule has 0 spiro atoms. The summed E-state index contributed by atoms with van der Waals surface area (Å²) in [5.74, 6) is 0.706. The van der Waals surface area contributed by atoms with Gasteiger partial charge in [0.15, 0.2) is 0 Å². The number of aromatic nitrogens is 3. The van der Waals surface area contributed by atoms with Gasteiger partial charge in [-0.25, -0.2) is 9.97 Å². The monoisotopic (exact) mass is 593 g/mol. The molecule has 6 aromatic carbocycles. The third-order valence-corrected chi connectivity index (χ3v) is 10.9. The molecular weight excluding hydrogens is 567 g/mol. The molecule has 0 aliphatic heterocycles. The van der Waals surface area contributed by atoms with Crippen molar-refractivity contribution in [3.8, 4) is 28.3 Å². The Morgan fingerprint density at radius 1 is 0.600 bits per heavy atom. The van der Waals surface area contributed by atoms with E-state index in [4.69, 9.17) is 9.97 Å². The van der Waals surface area contributed by atoms with Crippen LogP contribution in [0.25, 0.3) is 81.2 Å². The Balaban J connectivity index is 1.33. The molecule has 0 unspecified atom stereocenters. The van der Waals surface area contributed by atoms with Crippen molar-refractivity contribution >= 4 is 64.2 Å². The summed E-state index contributed by atoms with van der Waals surface area (Å²) in [6, 6.07) is 46.1. The van der Waals surface area contributed by atoms with Gasteiger partial charge in [-0.15, -0.1) is 11.3 Å². The van der Waals surface area contributed by atoms with E-state index in [1.807, 2.05) is 0 Å². The minimum absolute atomic E-state index is 0.143. The van der Waals surface area contributed by atoms with Gasteiger partial charge in [0, 0.05) is 37.2 Å². The van der Waals surface area contributed by atoms with Crippen LogP contribution >= 0.6 is 11.3 Å². The van der Waals surface area contributed by atoms with E-state index >= 15 is 0 Å². The lowest BCUT2D eigenvalue weighted by atomic mass is 9.82. The highest BCUT2D eigenvalue weighted by molar-refractivity contribution is 7.25. The molecule has 1 aliphatic rings. The highest BCUT2D eigenvalue weighted by atomic mass is 32.1. The maximum absolute atomic E-state index is 5.41. The lowest BCUT2D eigenvalue weighted by molar-refractivity contribution is 0.661. The molecule has 0 atom stereocenters. The van der Waals surface area contributed by atoms with Gasteiger partial charge in [-0.2, -0.15) is 0 Å². The zero-order valence-corrected chi connectivity index (χ0v) is 25.7. The Labute approximate surface area is 264 Å². The SMILES string of the molecule is CC1(C)c2cc3c(cc2-c2c1ccc1ccccc21)c1ccccc1n3-c1nc(-c2ccccc2)c2c(n1)sc1ccccc12. The number of nitrogens with zero attached hydrogens (tertiary/aromatic N) is 3. The fourth-order valence-electron chi connectivity index (χ4n) is 7.70. The summed E-state index contributed by atoms with van der Waals surface area (Å²) in [7, 11) is 0. The lowest BCUT2D eigenvalue weighted by Crippen LogP contribution is -2.15. The van der Waals surface area contributed by atoms with Crippen molar-refractivity contribution in [3.63, 3.8) is 0 Å². The number of benzene rings is 6. The maximum atomic E-state index is 5.41. The van der Waals surface area contributed by atoms with Crippen molar-refractivity contribution in [2.24, 2.45) is 0 Å². The predicted octanol–water partition coefficient (Wildman–Crippen LogP) is 11.1. The highest BCUT2D eigenvalue weighted by Gasteiger charge is 2.37. The molecule has 3 nitrogen and oxygen atoms in total. The number of thiophene rings is 1. The van der Waals surface area contributed by atoms with Crippen molar-refractivity contribution in [3.05, 3.63) is 139 Å². The molecule has 0 radical (unpaired) electrons. The predicted molar refractivity (Wildman–Crippen MR) is 190 cm³/mol. The Hall–Kier alpha value is -5.32. The van der Waals surface area contributed by atoms with E-state index < -0.39 is 0 Å². The third kappa shape index (κ3) is 3.35. The normalized spacial score (nSPS) is 13.7. The molecule has 0 N–H and O–H groups in total. The van der Waals surface area contributed by atoms with Crippen molar-refractivity contribution in [1.29, 1.82) is 0 Å². The highest BCUT2D eigenvalue weighted by Crippen LogP contribution is 2.53. The molecule has 3 aromatic heterocycles. The van der Waals surface area contributed by atoms with Crippen molar-refractivity contribution in [2.45, 2.75) is 19.3 Å². The molecule has 0 saturated carbocycles. The van der Waals surface area contributed by atoms with Gasteiger partial charge in [-0.05, 0) is 57.3 Å². The molecule has 4 heteroatoms. The van der Waals surface area contributed by atoms with Crippen LogP contribution in [0.15, 0.2) is 127 Å². The molecule has 3 heterocycles. The van der Waals surface area contributed by atoms with Crippen molar-refractivity contribution < 1.29 is 0 Å². The van der Waals surface area contributed by atoms with Crippen LogP contribution in [-0.4, -0.2) is 14.5 Å². The van der Waals surface area contributed by atoms with Crippen LogP contribution in [0.4, 0.5) is 0 Å². The molecule has 45 heavy (non-hydrogen) atoms. The second kappa shape index (κ2) is 8.87. The van der Waals surface area contributed by atoms with Gasteiger partial charge < -0.3 is 0 Å². The number of para-hydroxylation sites is 1. The van der Waals surface area contributed by atoms with Gasteiger partial charge in [-0.3, -0.25) is 4.57 Å². The molecule has 0 saturated heterocycles. The summed E-state index contributed by atoms with van der Waals surface area (Å²) in [4.78, 5) is 11.7. The van der Waals surface area contributed by atoms with Gasteiger partial charge in [-0.1, -0.05) is 117 Å². The number of rotatable bonds is 2. The van der Waals surface area contributed by atoms with Crippen LogP contribution in [0, 0.1) is 0 Å². The Kier molecular flexibility index (Phi) is 4.94. The molecule has 0 bridgehead atoms. The van der Waals surface area contributed by atoms with Crippen LogP contribution in [0.3, 0.4) is 0 Å². The fourth-order valence-corrected chi connectivity index (χ4v) is 8.77. The molecule has 9 aromatic rings. The quantitative estimate of drug-likeness (QED) is 0.200. The second-order valence-corrected chi connectivity index (χ2v) is 13.6. The Morgan fingerprint density at radius 2 is 1.33 bits per heavy atom. The minimum Gasteiger partial charge on any atom is -0.278 e. The number of hydrogen-bond donors (Lipinski definition) is 0. The van der Waals surface area contributed by atoms with E-state index in [9.17, 15) is 0 Å². The van der Waals surface area contributed by atoms with E-state index in [-0.39, 0.29) is 5.41 Å². The van der Waals surface area contributed by atoms with Gasteiger partial charge in [0.05, 0.1) is 16.7 Å². The summed E-state index contributed by atoms with van der Waals surface area (Å²) in [6.07, 6.45) is 0. The van der Waals surface area contributed by atoms with Gasteiger partial charge >= 0.3 is 0 Å². The van der Waals surface area contributed by atoms with Gasteiger partial charge in [0.25, 0.3) is 0 Å². The first kappa shape index (κ1) is 25.1. The summed E-state index contributed by atoms with van der Waals surface area (Å²) in [5.41, 5.74) is 9.60. The summed E-state index contributed by atoms with van der Waals surface area (Å²) in [5, 5.41) is 7.35. The minimum atomic E-state index is -0.143. The van der Waals surface area contributed by atoms with Crippen molar-refractivity contribution in [1.82, 2.24) is 14.5 Å². The van der Waals surface area contributed by atoms with Crippen LogP contribution in [0.1, 0.15) is 25.0 Å². The zero-order chi connectivity index (χ0) is 29.9. The lowest BCUT2D eigenvalue weighted by Gasteiger charge is -2.22. The number of fused-ring (bicyclic) bond motifs is 11. The van der Waals surface area contributed by atoms with Crippen molar-refractivity contribution in [2.75, 3.05) is 0 Å². The largest absolute Gasteiger partial charge is 0.278 e. The fraction of sp³-hybridized carbons (Fsp3) is 0.0732. The molecule has 212 valence electrons. The average Bonchev–Trinajstić information content (AvgIpc) is 3.69. The molecule has 1 aliphatic carbocycles. The van der Waals surface area contributed by atoms with E-state index in [2.05, 4.69) is 146 Å². The topological polar surface area (TPSA) is 30.7 Å². The summed E-state index contributed by atoms with van der Waals surface area (Å²) >= 11 is 1.74. The first-order valence-electron chi connectivity index (χ1n) is 15.4. The van der Waals surface area contributed by atoms with E-state index in [1.54, 1.807) is 11.3 Å².